The molecule has 0 bridgehead atoms. The highest BCUT2D eigenvalue weighted by Gasteiger charge is 1.86. The molecule has 0 unspecified atom stereocenters. The second kappa shape index (κ2) is 7.39. The van der Waals surface area contributed by atoms with E-state index in [1.54, 1.807) is 6.19 Å². The van der Waals surface area contributed by atoms with Crippen LogP contribution in [0.2, 0.25) is 0 Å². The van der Waals surface area contributed by atoms with Crippen LogP contribution in [-0.2, 0) is 0 Å². The Morgan fingerprint density at radius 2 is 2.50 bits per heavy atom. The summed E-state index contributed by atoms with van der Waals surface area (Å²) in [6.45, 7) is 4.04. The van der Waals surface area contributed by atoms with Crippen molar-refractivity contribution in [3.8, 4) is 6.19 Å². The Hall–Kier alpha value is -1.72. The normalized spacial score (nSPS) is 9.75. The molecule has 3 N–H and O–H groups in total. The largest absolute Gasteiger partial charge is 0.369 e. The molecule has 0 aliphatic rings. The quantitative estimate of drug-likeness (QED) is 0.159. The first-order valence-corrected chi connectivity index (χ1v) is 3.60. The molecule has 4 heteroatoms. The Balaban J connectivity index is 3.47. The lowest BCUT2D eigenvalue weighted by atomic mass is 10.3. The molecule has 0 fully saturated rings. The molecule has 0 saturated carbocycles. The molecule has 12 heavy (non-hydrogen) atoms. The summed E-state index contributed by atoms with van der Waals surface area (Å²) < 4.78 is 0. The summed E-state index contributed by atoms with van der Waals surface area (Å²) in [5.74, 6) is 0.167. The minimum atomic E-state index is 0.167. The van der Waals surface area contributed by atoms with Gasteiger partial charge in [-0.3, -0.25) is 10.3 Å². The molecule has 0 aromatic rings. The Bertz CT molecular complexity index is 230. The summed E-state index contributed by atoms with van der Waals surface area (Å²) in [6.07, 6.45) is 5.29. The van der Waals surface area contributed by atoms with Gasteiger partial charge < -0.3 is 5.73 Å². The molecule has 0 radical (unpaired) electrons. The first-order chi connectivity index (χ1) is 5.81. The maximum atomic E-state index is 8.13. The summed E-state index contributed by atoms with van der Waals surface area (Å²) in [5.41, 5.74) is 7.94. The highest BCUT2D eigenvalue weighted by molar-refractivity contribution is 5.79. The lowest BCUT2D eigenvalue weighted by molar-refractivity contribution is 0.850. The fourth-order valence-corrected chi connectivity index (χ4v) is 0.592. The summed E-state index contributed by atoms with van der Waals surface area (Å²) in [7, 11) is 0. The van der Waals surface area contributed by atoms with E-state index in [2.05, 4.69) is 22.6 Å². The molecule has 4 nitrogen and oxygen atoms in total. The van der Waals surface area contributed by atoms with E-state index in [9.17, 15) is 0 Å². The standard InChI is InChI=1S/C8H12N4/c1-2-3-4-5-6-11-8(10)12-7-9/h3H,1,4-6H2,(H3,10,11,12). The summed E-state index contributed by atoms with van der Waals surface area (Å²) in [6, 6.07) is 0. The van der Waals surface area contributed by atoms with Crippen LogP contribution in [0, 0.1) is 11.5 Å². The van der Waals surface area contributed by atoms with Crippen molar-refractivity contribution < 1.29 is 0 Å². The van der Waals surface area contributed by atoms with E-state index in [0.717, 1.165) is 12.8 Å². The third kappa shape index (κ3) is 6.40. The monoisotopic (exact) mass is 164 g/mol. The molecule has 64 valence electrons. The molecule has 0 amide bonds. The number of nitriles is 1. The number of nitrogens with two attached hydrogens (primary N) is 1. The van der Waals surface area contributed by atoms with Gasteiger partial charge in [-0.25, -0.2) is 0 Å². The first-order valence-electron chi connectivity index (χ1n) is 3.60. The van der Waals surface area contributed by atoms with Gasteiger partial charge in [0.2, 0.25) is 5.96 Å². The summed E-state index contributed by atoms with van der Waals surface area (Å²) in [4.78, 5) is 3.88. The van der Waals surface area contributed by atoms with Crippen molar-refractivity contribution in [3.63, 3.8) is 0 Å². The molecule has 0 saturated heterocycles. The predicted molar refractivity (Wildman–Crippen MR) is 48.2 cm³/mol. The van der Waals surface area contributed by atoms with Crippen LogP contribution in [-0.4, -0.2) is 12.5 Å². The van der Waals surface area contributed by atoms with Gasteiger partial charge in [-0.15, -0.1) is 5.73 Å². The van der Waals surface area contributed by atoms with Gasteiger partial charge in [0.05, 0.1) is 0 Å². The lowest BCUT2D eigenvalue weighted by Crippen LogP contribution is -2.27. The van der Waals surface area contributed by atoms with Crippen molar-refractivity contribution in [1.29, 1.82) is 5.26 Å². The summed E-state index contributed by atoms with van der Waals surface area (Å²) >= 11 is 0. The zero-order valence-corrected chi connectivity index (χ0v) is 6.88. The third-order valence-electron chi connectivity index (χ3n) is 1.12. The highest BCUT2D eigenvalue weighted by atomic mass is 15.1. The van der Waals surface area contributed by atoms with Crippen LogP contribution in [0.25, 0.3) is 0 Å². The number of unbranched alkanes of at least 4 members (excludes halogenated alkanes) is 1. The molecular formula is C8H12N4. The van der Waals surface area contributed by atoms with E-state index in [1.165, 1.54) is 0 Å². The van der Waals surface area contributed by atoms with Crippen molar-refractivity contribution in [2.45, 2.75) is 12.8 Å². The Morgan fingerprint density at radius 1 is 1.75 bits per heavy atom. The van der Waals surface area contributed by atoms with Crippen LogP contribution in [0.15, 0.2) is 23.4 Å². The third-order valence-corrected chi connectivity index (χ3v) is 1.12. The van der Waals surface area contributed by atoms with Gasteiger partial charge in [-0.2, -0.15) is 5.26 Å². The number of hydrogen-bond acceptors (Lipinski definition) is 2. The SMILES string of the molecule is C=C=CCCCN=C(N)NC#N. The maximum Gasteiger partial charge on any atom is 0.202 e. The van der Waals surface area contributed by atoms with Gasteiger partial charge in [0.15, 0.2) is 6.19 Å². The average Bonchev–Trinajstić information content (AvgIpc) is 2.05. The number of nitrogens with one attached hydrogen (secondary N) is 1. The fourth-order valence-electron chi connectivity index (χ4n) is 0.592. The topological polar surface area (TPSA) is 74.2 Å². The van der Waals surface area contributed by atoms with Crippen LogP contribution in [0.4, 0.5) is 0 Å². The number of aliphatic imine (C=N–C) groups is 1. The molecule has 0 aliphatic heterocycles. The lowest BCUT2D eigenvalue weighted by Gasteiger charge is -1.94. The van der Waals surface area contributed by atoms with E-state index in [1.807, 2.05) is 6.08 Å². The van der Waals surface area contributed by atoms with Crippen LogP contribution in [0.5, 0.6) is 0 Å². The van der Waals surface area contributed by atoms with Crippen molar-refractivity contribution >= 4 is 5.96 Å². The number of rotatable bonds is 4. The van der Waals surface area contributed by atoms with Crippen molar-refractivity contribution in [2.75, 3.05) is 6.54 Å². The number of allylic oxidation sites excluding steroid dienone is 1. The molecule has 0 aromatic carbocycles. The molecule has 0 spiro atoms. The van der Waals surface area contributed by atoms with Crippen LogP contribution >= 0.6 is 0 Å². The maximum absolute atomic E-state index is 8.13. The molecule has 0 atom stereocenters. The van der Waals surface area contributed by atoms with E-state index in [-0.39, 0.29) is 5.96 Å². The van der Waals surface area contributed by atoms with Crippen molar-refractivity contribution in [2.24, 2.45) is 10.7 Å². The van der Waals surface area contributed by atoms with E-state index >= 15 is 0 Å². The van der Waals surface area contributed by atoms with Gasteiger partial charge in [-0.1, -0.05) is 6.58 Å². The fraction of sp³-hybridized carbons (Fsp3) is 0.375. The Kier molecular flexibility index (Phi) is 6.33. The van der Waals surface area contributed by atoms with Gasteiger partial charge >= 0.3 is 0 Å². The Labute approximate surface area is 72.1 Å². The molecule has 0 heterocycles. The number of hydrogen-bond donors (Lipinski definition) is 2. The van der Waals surface area contributed by atoms with Crippen molar-refractivity contribution in [1.82, 2.24) is 5.32 Å². The second-order valence-electron chi connectivity index (χ2n) is 2.05. The van der Waals surface area contributed by atoms with E-state index < -0.39 is 0 Å². The predicted octanol–water partition coefficient (Wildman–Crippen LogP) is 0.493. The smallest absolute Gasteiger partial charge is 0.202 e. The average molecular weight is 164 g/mol. The summed E-state index contributed by atoms with van der Waals surface area (Å²) in [5, 5.41) is 10.4. The molecule has 0 aromatic heterocycles. The Morgan fingerprint density at radius 3 is 3.08 bits per heavy atom. The van der Waals surface area contributed by atoms with Crippen LogP contribution in [0.1, 0.15) is 12.8 Å². The molecular weight excluding hydrogens is 152 g/mol. The highest BCUT2D eigenvalue weighted by Crippen LogP contribution is 1.89. The van der Waals surface area contributed by atoms with Gasteiger partial charge in [0.1, 0.15) is 0 Å². The van der Waals surface area contributed by atoms with E-state index in [4.69, 9.17) is 11.0 Å². The zero-order chi connectivity index (χ0) is 9.23. The molecule has 0 rings (SSSR count). The molecule has 0 aliphatic carbocycles. The minimum Gasteiger partial charge on any atom is -0.369 e. The van der Waals surface area contributed by atoms with Gasteiger partial charge in [-0.05, 0) is 18.9 Å². The number of nitrogens with zero attached hydrogens (tertiary/aromatic N) is 2. The van der Waals surface area contributed by atoms with E-state index in [0.29, 0.717) is 6.54 Å². The van der Waals surface area contributed by atoms with Gasteiger partial charge in [0, 0.05) is 6.54 Å². The first kappa shape index (κ1) is 10.3. The number of guanidine groups is 1. The minimum absolute atomic E-state index is 0.167. The second-order valence-corrected chi connectivity index (χ2v) is 2.05. The van der Waals surface area contributed by atoms with Crippen LogP contribution in [0.3, 0.4) is 0 Å². The zero-order valence-electron chi connectivity index (χ0n) is 6.88. The van der Waals surface area contributed by atoms with Crippen molar-refractivity contribution in [3.05, 3.63) is 18.4 Å². The van der Waals surface area contributed by atoms with Gasteiger partial charge in [0.25, 0.3) is 0 Å². The van der Waals surface area contributed by atoms with Crippen LogP contribution < -0.4 is 11.1 Å².